The summed E-state index contributed by atoms with van der Waals surface area (Å²) in [7, 11) is 1.72. The van der Waals surface area contributed by atoms with Crippen LogP contribution < -0.4 is 10.5 Å². The molecule has 0 aromatic heterocycles. The molecule has 0 bridgehead atoms. The third kappa shape index (κ3) is 3.21. The van der Waals surface area contributed by atoms with Crippen molar-refractivity contribution in [3.63, 3.8) is 0 Å². The number of anilines is 1. The number of nitrogens with zero attached hydrogens (tertiary/aromatic N) is 1. The predicted octanol–water partition coefficient (Wildman–Crippen LogP) is 3.14. The zero-order chi connectivity index (χ0) is 14.0. The largest absolute Gasteiger partial charge is 0.496 e. The normalized spacial score (nSPS) is 28.3. The van der Waals surface area contributed by atoms with Gasteiger partial charge in [-0.25, -0.2) is 0 Å². The number of benzene rings is 1. The Morgan fingerprint density at radius 2 is 2.05 bits per heavy atom. The summed E-state index contributed by atoms with van der Waals surface area (Å²) in [5.74, 6) is 2.45. The number of piperidine rings is 1. The number of rotatable bonds is 3. The molecule has 0 aliphatic carbocycles. The molecule has 1 heterocycles. The molecule has 3 atom stereocenters. The Morgan fingerprint density at radius 3 is 2.74 bits per heavy atom. The molecule has 3 nitrogen and oxygen atoms in total. The first-order chi connectivity index (χ1) is 9.01. The second-order valence-electron chi connectivity index (χ2n) is 6.06. The fourth-order valence-corrected chi connectivity index (χ4v) is 3.18. The summed E-state index contributed by atoms with van der Waals surface area (Å²) in [5.41, 5.74) is 7.90. The molecule has 3 heteroatoms. The fourth-order valence-electron chi connectivity index (χ4n) is 3.18. The summed E-state index contributed by atoms with van der Waals surface area (Å²) < 4.78 is 5.45. The minimum atomic E-state index is 0.613. The van der Waals surface area contributed by atoms with Crippen molar-refractivity contribution in [2.75, 3.05) is 19.4 Å². The smallest absolute Gasteiger partial charge is 0.123 e. The van der Waals surface area contributed by atoms with Crippen LogP contribution in [-0.4, -0.2) is 24.6 Å². The van der Waals surface area contributed by atoms with Gasteiger partial charge in [0.05, 0.1) is 7.11 Å². The molecule has 106 valence electrons. The Bertz CT molecular complexity index is 433. The van der Waals surface area contributed by atoms with E-state index in [9.17, 15) is 0 Å². The van der Waals surface area contributed by atoms with Crippen molar-refractivity contribution < 1.29 is 4.74 Å². The second kappa shape index (κ2) is 5.83. The summed E-state index contributed by atoms with van der Waals surface area (Å²) in [6.07, 6.45) is 1.33. The lowest BCUT2D eigenvalue weighted by atomic mass is 9.85. The van der Waals surface area contributed by atoms with Crippen LogP contribution in [0.5, 0.6) is 5.75 Å². The minimum Gasteiger partial charge on any atom is -0.496 e. The van der Waals surface area contributed by atoms with E-state index in [1.807, 2.05) is 18.2 Å². The molecule has 1 aliphatic heterocycles. The highest BCUT2D eigenvalue weighted by molar-refractivity contribution is 5.47. The minimum absolute atomic E-state index is 0.613. The molecule has 0 radical (unpaired) electrons. The van der Waals surface area contributed by atoms with E-state index in [4.69, 9.17) is 10.5 Å². The summed E-state index contributed by atoms with van der Waals surface area (Å²) >= 11 is 0. The van der Waals surface area contributed by atoms with E-state index in [1.54, 1.807) is 7.11 Å². The molecule has 19 heavy (non-hydrogen) atoms. The van der Waals surface area contributed by atoms with Gasteiger partial charge in [-0.15, -0.1) is 0 Å². The molecule has 1 aromatic rings. The van der Waals surface area contributed by atoms with Crippen LogP contribution in [0.25, 0.3) is 0 Å². The Labute approximate surface area is 116 Å². The van der Waals surface area contributed by atoms with Crippen molar-refractivity contribution in [1.82, 2.24) is 4.90 Å². The number of hydrogen-bond donors (Lipinski definition) is 1. The molecule has 1 aromatic carbocycles. The van der Waals surface area contributed by atoms with Crippen LogP contribution in [0, 0.1) is 11.8 Å². The molecule has 2 rings (SSSR count). The molecular weight excluding hydrogens is 236 g/mol. The maximum absolute atomic E-state index is 5.90. The zero-order valence-electron chi connectivity index (χ0n) is 12.5. The number of hydrogen-bond acceptors (Lipinski definition) is 3. The van der Waals surface area contributed by atoms with Gasteiger partial charge in [0.1, 0.15) is 5.75 Å². The van der Waals surface area contributed by atoms with Gasteiger partial charge in [-0.3, -0.25) is 4.90 Å². The molecular formula is C16H26N2O. The molecule has 2 N–H and O–H groups in total. The number of ether oxygens (including phenoxy) is 1. The van der Waals surface area contributed by atoms with Gasteiger partial charge in [-0.1, -0.05) is 13.8 Å². The van der Waals surface area contributed by atoms with E-state index in [1.165, 1.54) is 12.0 Å². The van der Waals surface area contributed by atoms with E-state index in [0.717, 1.165) is 36.4 Å². The van der Waals surface area contributed by atoms with Crippen LogP contribution in [0.1, 0.15) is 32.8 Å². The molecule has 1 aliphatic rings. The predicted molar refractivity (Wildman–Crippen MR) is 80.2 cm³/mol. The lowest BCUT2D eigenvalue weighted by Crippen LogP contribution is -2.45. The highest BCUT2D eigenvalue weighted by Gasteiger charge is 2.29. The maximum atomic E-state index is 5.90. The Hall–Kier alpha value is -1.22. The molecule has 0 amide bonds. The topological polar surface area (TPSA) is 38.5 Å². The van der Waals surface area contributed by atoms with Crippen LogP contribution in [0.4, 0.5) is 5.69 Å². The lowest BCUT2D eigenvalue weighted by molar-refractivity contribution is 0.0723. The average molecular weight is 262 g/mol. The zero-order valence-corrected chi connectivity index (χ0v) is 12.5. The monoisotopic (exact) mass is 262 g/mol. The van der Waals surface area contributed by atoms with Gasteiger partial charge >= 0.3 is 0 Å². The Morgan fingerprint density at radius 1 is 1.32 bits per heavy atom. The van der Waals surface area contributed by atoms with E-state index in [0.29, 0.717) is 6.04 Å². The quantitative estimate of drug-likeness (QED) is 0.850. The van der Waals surface area contributed by atoms with E-state index in [2.05, 4.69) is 25.7 Å². The van der Waals surface area contributed by atoms with Crippen LogP contribution >= 0.6 is 0 Å². The van der Waals surface area contributed by atoms with E-state index < -0.39 is 0 Å². The van der Waals surface area contributed by atoms with Crippen molar-refractivity contribution in [1.29, 1.82) is 0 Å². The second-order valence-corrected chi connectivity index (χ2v) is 6.06. The van der Waals surface area contributed by atoms with Crippen molar-refractivity contribution in [3.05, 3.63) is 23.8 Å². The molecule has 1 saturated heterocycles. The fraction of sp³-hybridized carbons (Fsp3) is 0.625. The lowest BCUT2D eigenvalue weighted by Gasteiger charge is -2.41. The van der Waals surface area contributed by atoms with Gasteiger partial charge in [-0.2, -0.15) is 0 Å². The van der Waals surface area contributed by atoms with Gasteiger partial charge in [0, 0.05) is 30.4 Å². The first kappa shape index (κ1) is 14.2. The summed E-state index contributed by atoms with van der Waals surface area (Å²) in [6, 6.07) is 6.51. The third-order valence-corrected chi connectivity index (χ3v) is 4.40. The van der Waals surface area contributed by atoms with Crippen LogP contribution in [0.3, 0.4) is 0 Å². The van der Waals surface area contributed by atoms with Gasteiger partial charge < -0.3 is 10.5 Å². The van der Waals surface area contributed by atoms with Crippen molar-refractivity contribution in [3.8, 4) is 5.75 Å². The molecule has 0 spiro atoms. The highest BCUT2D eigenvalue weighted by Crippen LogP contribution is 2.30. The van der Waals surface area contributed by atoms with Crippen LogP contribution in [0.15, 0.2) is 18.2 Å². The Balaban J connectivity index is 2.17. The van der Waals surface area contributed by atoms with Crippen molar-refractivity contribution >= 4 is 5.69 Å². The summed E-state index contributed by atoms with van der Waals surface area (Å²) in [4.78, 5) is 2.55. The third-order valence-electron chi connectivity index (χ3n) is 4.40. The Kier molecular flexibility index (Phi) is 4.35. The molecule has 0 saturated carbocycles. The van der Waals surface area contributed by atoms with E-state index in [-0.39, 0.29) is 0 Å². The summed E-state index contributed by atoms with van der Waals surface area (Å²) in [6.45, 7) is 9.10. The van der Waals surface area contributed by atoms with Gasteiger partial charge in [0.2, 0.25) is 0 Å². The van der Waals surface area contributed by atoms with Gasteiger partial charge in [-0.05, 0) is 43.4 Å². The van der Waals surface area contributed by atoms with Crippen molar-refractivity contribution in [2.45, 2.75) is 39.8 Å². The molecule has 1 fully saturated rings. The van der Waals surface area contributed by atoms with Crippen LogP contribution in [0.2, 0.25) is 0 Å². The SMILES string of the molecule is COc1ccc(N)cc1CN1CC(C)CC(C)C1C. The number of nitrogens with two attached hydrogens (primary N) is 1. The van der Waals surface area contributed by atoms with Crippen molar-refractivity contribution in [2.24, 2.45) is 11.8 Å². The standard InChI is InChI=1S/C16H26N2O/c1-11-7-12(2)13(3)18(9-11)10-14-8-15(17)5-6-16(14)19-4/h5-6,8,11-13H,7,9-10,17H2,1-4H3. The average Bonchev–Trinajstić information content (AvgIpc) is 2.35. The number of nitrogen functional groups attached to an aromatic ring is 1. The number of methoxy groups -OCH3 is 1. The maximum Gasteiger partial charge on any atom is 0.123 e. The molecule has 3 unspecified atom stereocenters. The first-order valence-electron chi connectivity index (χ1n) is 7.17. The van der Waals surface area contributed by atoms with Gasteiger partial charge in [0.25, 0.3) is 0 Å². The number of likely N-dealkylation sites (tertiary alicyclic amines) is 1. The summed E-state index contributed by atoms with van der Waals surface area (Å²) in [5, 5.41) is 0. The van der Waals surface area contributed by atoms with E-state index >= 15 is 0 Å². The first-order valence-corrected chi connectivity index (χ1v) is 7.17. The van der Waals surface area contributed by atoms with Crippen LogP contribution in [-0.2, 0) is 6.54 Å². The highest BCUT2D eigenvalue weighted by atomic mass is 16.5. The van der Waals surface area contributed by atoms with Gasteiger partial charge in [0.15, 0.2) is 0 Å².